The summed E-state index contributed by atoms with van der Waals surface area (Å²) < 4.78 is 18.8. The van der Waals surface area contributed by atoms with E-state index in [1.165, 1.54) is 12.1 Å². The van der Waals surface area contributed by atoms with Gasteiger partial charge >= 0.3 is 0 Å². The van der Waals surface area contributed by atoms with Crippen LogP contribution in [-0.2, 0) is 4.74 Å². The van der Waals surface area contributed by atoms with E-state index in [2.05, 4.69) is 5.16 Å². The van der Waals surface area contributed by atoms with Gasteiger partial charge in [-0.1, -0.05) is 5.16 Å². The van der Waals surface area contributed by atoms with Crippen LogP contribution in [0.15, 0.2) is 23.4 Å². The Balaban J connectivity index is 2.18. The molecule has 1 atom stereocenters. The number of halogens is 1. The summed E-state index contributed by atoms with van der Waals surface area (Å²) >= 11 is 0. The zero-order chi connectivity index (χ0) is 14.5. The lowest BCUT2D eigenvalue weighted by Crippen LogP contribution is -2.32. The van der Waals surface area contributed by atoms with Gasteiger partial charge in [0.25, 0.3) is 0 Å². The summed E-state index contributed by atoms with van der Waals surface area (Å²) in [5.41, 5.74) is 6.75. The van der Waals surface area contributed by atoms with Gasteiger partial charge in [-0.25, -0.2) is 4.39 Å². The Morgan fingerprint density at radius 2 is 2.40 bits per heavy atom. The van der Waals surface area contributed by atoms with Crippen LogP contribution in [0.25, 0.3) is 0 Å². The van der Waals surface area contributed by atoms with Crippen molar-refractivity contribution in [2.24, 2.45) is 16.8 Å². The SMILES string of the molecule is CN(CC1CCCOC1)c1ccc(F)cc1C(N)=NO. The molecule has 0 aliphatic carbocycles. The zero-order valence-electron chi connectivity index (χ0n) is 11.6. The molecular weight excluding hydrogens is 261 g/mol. The average molecular weight is 281 g/mol. The quantitative estimate of drug-likeness (QED) is 0.382. The highest BCUT2D eigenvalue weighted by Crippen LogP contribution is 2.23. The molecule has 1 fully saturated rings. The normalized spacial score (nSPS) is 19.9. The molecule has 20 heavy (non-hydrogen) atoms. The number of ether oxygens (including phenoxy) is 1. The van der Waals surface area contributed by atoms with Gasteiger partial charge in [0.05, 0.1) is 6.61 Å². The van der Waals surface area contributed by atoms with Gasteiger partial charge in [-0.2, -0.15) is 0 Å². The van der Waals surface area contributed by atoms with Crippen LogP contribution in [0.4, 0.5) is 10.1 Å². The maximum absolute atomic E-state index is 13.3. The van der Waals surface area contributed by atoms with Crippen LogP contribution in [-0.4, -0.2) is 37.8 Å². The first-order valence-corrected chi connectivity index (χ1v) is 6.68. The Bertz CT molecular complexity index is 487. The highest BCUT2D eigenvalue weighted by Gasteiger charge is 2.19. The fourth-order valence-corrected chi connectivity index (χ4v) is 2.54. The summed E-state index contributed by atoms with van der Waals surface area (Å²) in [6, 6.07) is 4.29. The largest absolute Gasteiger partial charge is 0.409 e. The minimum Gasteiger partial charge on any atom is -0.409 e. The Morgan fingerprint density at radius 3 is 3.05 bits per heavy atom. The van der Waals surface area contributed by atoms with Gasteiger partial charge < -0.3 is 20.6 Å². The van der Waals surface area contributed by atoms with Crippen molar-refractivity contribution in [3.8, 4) is 0 Å². The molecule has 6 heteroatoms. The molecule has 0 aromatic heterocycles. The number of nitrogens with zero attached hydrogens (tertiary/aromatic N) is 2. The van der Waals surface area contributed by atoms with E-state index in [1.54, 1.807) is 6.07 Å². The highest BCUT2D eigenvalue weighted by molar-refractivity contribution is 6.02. The maximum Gasteiger partial charge on any atom is 0.172 e. The molecule has 0 radical (unpaired) electrons. The van der Waals surface area contributed by atoms with Crippen LogP contribution in [0.2, 0.25) is 0 Å². The Labute approximate surface area is 117 Å². The van der Waals surface area contributed by atoms with Crippen molar-refractivity contribution in [2.45, 2.75) is 12.8 Å². The molecule has 1 heterocycles. The van der Waals surface area contributed by atoms with Crippen molar-refractivity contribution in [3.63, 3.8) is 0 Å². The van der Waals surface area contributed by atoms with E-state index >= 15 is 0 Å². The van der Waals surface area contributed by atoms with Gasteiger partial charge in [0.1, 0.15) is 5.82 Å². The summed E-state index contributed by atoms with van der Waals surface area (Å²) in [6.07, 6.45) is 2.18. The van der Waals surface area contributed by atoms with E-state index in [-0.39, 0.29) is 5.84 Å². The molecule has 0 saturated carbocycles. The molecule has 5 nitrogen and oxygen atoms in total. The lowest BCUT2D eigenvalue weighted by molar-refractivity contribution is 0.0576. The van der Waals surface area contributed by atoms with E-state index in [0.29, 0.717) is 11.5 Å². The molecule has 0 bridgehead atoms. The molecule has 1 aromatic carbocycles. The van der Waals surface area contributed by atoms with Crippen molar-refractivity contribution < 1.29 is 14.3 Å². The number of amidine groups is 1. The molecule has 2 rings (SSSR count). The van der Waals surface area contributed by atoms with Gasteiger partial charge in [-0.05, 0) is 37.0 Å². The zero-order valence-corrected chi connectivity index (χ0v) is 11.6. The predicted octanol–water partition coefficient (Wildman–Crippen LogP) is 1.78. The molecule has 0 amide bonds. The van der Waals surface area contributed by atoms with Gasteiger partial charge in [-0.3, -0.25) is 0 Å². The molecular formula is C14H20FN3O2. The van der Waals surface area contributed by atoms with Crippen LogP contribution in [0.1, 0.15) is 18.4 Å². The fourth-order valence-electron chi connectivity index (χ4n) is 2.54. The fraction of sp³-hybridized carbons (Fsp3) is 0.500. The number of oxime groups is 1. The van der Waals surface area contributed by atoms with E-state index in [4.69, 9.17) is 15.7 Å². The Kier molecular flexibility index (Phi) is 4.79. The third-order valence-electron chi connectivity index (χ3n) is 3.54. The van der Waals surface area contributed by atoms with E-state index in [0.717, 1.165) is 38.3 Å². The summed E-state index contributed by atoms with van der Waals surface area (Å²) in [7, 11) is 1.91. The van der Waals surface area contributed by atoms with Crippen molar-refractivity contribution >= 4 is 11.5 Å². The molecule has 1 aliphatic heterocycles. The first kappa shape index (κ1) is 14.6. The Morgan fingerprint density at radius 1 is 1.60 bits per heavy atom. The molecule has 1 aliphatic rings. The molecule has 110 valence electrons. The first-order valence-electron chi connectivity index (χ1n) is 6.68. The van der Waals surface area contributed by atoms with Crippen molar-refractivity contribution in [1.82, 2.24) is 0 Å². The van der Waals surface area contributed by atoms with Gasteiger partial charge in [-0.15, -0.1) is 0 Å². The third kappa shape index (κ3) is 3.39. The first-order chi connectivity index (χ1) is 9.61. The summed E-state index contributed by atoms with van der Waals surface area (Å²) in [5.74, 6) is -0.0602. The van der Waals surface area contributed by atoms with Gasteiger partial charge in [0, 0.05) is 31.5 Å². The number of rotatable bonds is 4. The van der Waals surface area contributed by atoms with Gasteiger partial charge in [0.15, 0.2) is 5.84 Å². The molecule has 3 N–H and O–H groups in total. The molecule has 1 saturated heterocycles. The lowest BCUT2D eigenvalue weighted by Gasteiger charge is -2.29. The van der Waals surface area contributed by atoms with Crippen molar-refractivity contribution in [2.75, 3.05) is 31.7 Å². The number of hydrogen-bond donors (Lipinski definition) is 2. The third-order valence-corrected chi connectivity index (χ3v) is 3.54. The monoisotopic (exact) mass is 281 g/mol. The maximum atomic E-state index is 13.3. The Hall–Kier alpha value is -1.82. The molecule has 0 spiro atoms. The van der Waals surface area contributed by atoms with E-state index < -0.39 is 5.82 Å². The second-order valence-electron chi connectivity index (χ2n) is 5.11. The minimum atomic E-state index is -0.412. The van der Waals surface area contributed by atoms with Crippen molar-refractivity contribution in [3.05, 3.63) is 29.6 Å². The molecule has 1 aromatic rings. The predicted molar refractivity (Wildman–Crippen MR) is 75.7 cm³/mol. The van der Waals surface area contributed by atoms with Crippen LogP contribution in [0.3, 0.4) is 0 Å². The number of benzene rings is 1. The van der Waals surface area contributed by atoms with Gasteiger partial charge in [0.2, 0.25) is 0 Å². The number of nitrogens with two attached hydrogens (primary N) is 1. The van der Waals surface area contributed by atoms with E-state index in [1.807, 2.05) is 11.9 Å². The van der Waals surface area contributed by atoms with E-state index in [9.17, 15) is 4.39 Å². The smallest absolute Gasteiger partial charge is 0.172 e. The second-order valence-corrected chi connectivity index (χ2v) is 5.11. The molecule has 1 unspecified atom stereocenters. The van der Waals surface area contributed by atoms with Crippen LogP contribution < -0.4 is 10.6 Å². The summed E-state index contributed by atoms with van der Waals surface area (Å²) in [5, 5.41) is 11.8. The topological polar surface area (TPSA) is 71.1 Å². The lowest BCUT2D eigenvalue weighted by atomic mass is 10.0. The van der Waals surface area contributed by atoms with Crippen LogP contribution >= 0.6 is 0 Å². The van der Waals surface area contributed by atoms with Crippen LogP contribution in [0, 0.1) is 11.7 Å². The minimum absolute atomic E-state index is 0.0914. The van der Waals surface area contributed by atoms with Crippen LogP contribution in [0.5, 0.6) is 0 Å². The standard InChI is InChI=1S/C14H20FN3O2/c1-18(8-10-3-2-6-20-9-10)13-5-4-11(15)7-12(13)14(16)17-19/h4-5,7,10,19H,2-3,6,8-9H2,1H3,(H2,16,17). The number of hydrogen-bond acceptors (Lipinski definition) is 4. The van der Waals surface area contributed by atoms with Crippen molar-refractivity contribution in [1.29, 1.82) is 0 Å². The second kappa shape index (κ2) is 6.56. The number of anilines is 1. The average Bonchev–Trinajstić information content (AvgIpc) is 2.47. The summed E-state index contributed by atoms with van der Waals surface area (Å²) in [4.78, 5) is 1.99. The highest BCUT2D eigenvalue weighted by atomic mass is 19.1. The summed E-state index contributed by atoms with van der Waals surface area (Å²) in [6.45, 7) is 2.36.